The van der Waals surface area contributed by atoms with E-state index < -0.39 is 16.1 Å². The molecule has 0 aliphatic carbocycles. The summed E-state index contributed by atoms with van der Waals surface area (Å²) in [6.45, 7) is 2.15. The maximum absolute atomic E-state index is 13.3. The lowest BCUT2D eigenvalue weighted by molar-refractivity contribution is 0.0956. The van der Waals surface area contributed by atoms with Gasteiger partial charge in [0.25, 0.3) is 0 Å². The number of rotatable bonds is 7. The summed E-state index contributed by atoms with van der Waals surface area (Å²) >= 11 is 12.2. The molecule has 1 unspecified atom stereocenters. The normalized spacial score (nSPS) is 19.8. The van der Waals surface area contributed by atoms with Gasteiger partial charge < -0.3 is 19.6 Å². The second-order valence-corrected chi connectivity index (χ2v) is 11.7. The van der Waals surface area contributed by atoms with Crippen LogP contribution in [0.4, 0.5) is 10.6 Å². The van der Waals surface area contributed by atoms with E-state index in [9.17, 15) is 18.3 Å². The molecule has 10 nitrogen and oxygen atoms in total. The molecule has 4 rings (SSSR count). The lowest BCUT2D eigenvalue weighted by atomic mass is 9.96. The molecule has 0 bridgehead atoms. The third-order valence-electron chi connectivity index (χ3n) is 6.75. The van der Waals surface area contributed by atoms with Gasteiger partial charge in [0.15, 0.2) is 0 Å². The number of ether oxygens (including phenoxy) is 1. The Kier molecular flexibility index (Phi) is 8.44. The molecule has 36 heavy (non-hydrogen) atoms. The highest BCUT2D eigenvalue weighted by Gasteiger charge is 2.35. The number of anilines is 1. The zero-order chi connectivity index (χ0) is 25.9. The van der Waals surface area contributed by atoms with E-state index in [1.54, 1.807) is 24.4 Å². The summed E-state index contributed by atoms with van der Waals surface area (Å²) in [4.78, 5) is 24.1. The highest BCUT2D eigenvalue weighted by Crippen LogP contribution is 2.33. The minimum atomic E-state index is -3.85. The predicted octanol–water partition coefficient (Wildman–Crippen LogP) is 3.84. The van der Waals surface area contributed by atoms with E-state index in [-0.39, 0.29) is 46.0 Å². The van der Waals surface area contributed by atoms with Crippen LogP contribution in [0.3, 0.4) is 0 Å². The lowest BCUT2D eigenvalue weighted by Crippen LogP contribution is -2.51. The highest BCUT2D eigenvalue weighted by atomic mass is 35.5. The van der Waals surface area contributed by atoms with Crippen LogP contribution in [-0.4, -0.2) is 84.7 Å². The molecule has 196 valence electrons. The van der Waals surface area contributed by atoms with Gasteiger partial charge in [0.1, 0.15) is 10.7 Å². The molecular weight excluding hydrogens is 529 g/mol. The molecule has 2 aromatic rings. The number of carbonyl (C=O) groups is 1. The van der Waals surface area contributed by atoms with Crippen molar-refractivity contribution >= 4 is 45.1 Å². The quantitative estimate of drug-likeness (QED) is 0.545. The van der Waals surface area contributed by atoms with E-state index in [2.05, 4.69) is 14.9 Å². The van der Waals surface area contributed by atoms with Gasteiger partial charge in [-0.05, 0) is 49.8 Å². The van der Waals surface area contributed by atoms with Crippen molar-refractivity contribution < 1.29 is 23.1 Å². The van der Waals surface area contributed by atoms with Gasteiger partial charge in [0.2, 0.25) is 10.0 Å². The van der Waals surface area contributed by atoms with Gasteiger partial charge in [-0.25, -0.2) is 18.2 Å². The Bertz CT molecular complexity index is 1190. The first-order valence-corrected chi connectivity index (χ1v) is 14.0. The minimum absolute atomic E-state index is 0.00141. The Hall–Kier alpha value is -2.34. The molecule has 2 fully saturated rings. The number of methoxy groups -OCH3 is 1. The molecule has 1 atom stereocenters. The summed E-state index contributed by atoms with van der Waals surface area (Å²) in [6, 6.07) is 6.48. The van der Waals surface area contributed by atoms with Gasteiger partial charge in [-0.3, -0.25) is 0 Å². The van der Waals surface area contributed by atoms with E-state index in [0.29, 0.717) is 38.9 Å². The van der Waals surface area contributed by atoms with Crippen LogP contribution in [0, 0.1) is 5.92 Å². The fourth-order valence-corrected chi connectivity index (χ4v) is 7.18. The van der Waals surface area contributed by atoms with Crippen molar-refractivity contribution in [1.82, 2.24) is 19.2 Å². The summed E-state index contributed by atoms with van der Waals surface area (Å²) in [5, 5.41) is 10.2. The van der Waals surface area contributed by atoms with Crippen LogP contribution < -0.4 is 9.64 Å². The van der Waals surface area contributed by atoms with Crippen molar-refractivity contribution in [3.63, 3.8) is 0 Å². The van der Waals surface area contributed by atoms with Crippen molar-refractivity contribution in [3.05, 3.63) is 40.5 Å². The molecule has 3 heterocycles. The molecule has 0 saturated carbocycles. The fourth-order valence-electron chi connectivity index (χ4n) is 4.89. The first kappa shape index (κ1) is 26.7. The van der Waals surface area contributed by atoms with Gasteiger partial charge in [-0.2, -0.15) is 9.29 Å². The molecule has 1 amide bonds. The number of piperidine rings is 2. The summed E-state index contributed by atoms with van der Waals surface area (Å²) < 4.78 is 33.0. The van der Waals surface area contributed by atoms with Crippen molar-refractivity contribution in [2.75, 3.05) is 44.7 Å². The second kappa shape index (κ2) is 11.4. The smallest absolute Gasteiger partial charge is 0.407 e. The Morgan fingerprint density at radius 2 is 1.94 bits per heavy atom. The average molecular weight is 558 g/mol. The molecule has 0 spiro atoms. The highest BCUT2D eigenvalue weighted by molar-refractivity contribution is 7.89. The van der Waals surface area contributed by atoms with Crippen LogP contribution in [0.2, 0.25) is 10.0 Å². The number of benzene rings is 1. The monoisotopic (exact) mass is 557 g/mol. The number of hydrogen-bond donors (Lipinski definition) is 1. The number of nitrogens with zero attached hydrogens (tertiary/aromatic N) is 5. The van der Waals surface area contributed by atoms with Gasteiger partial charge in [0.05, 0.1) is 17.2 Å². The molecule has 2 saturated heterocycles. The fraction of sp³-hybridized carbons (Fsp3) is 0.522. The first-order chi connectivity index (χ1) is 17.2. The number of aromatic nitrogens is 2. The molecule has 0 radical (unpaired) electrons. The van der Waals surface area contributed by atoms with Gasteiger partial charge in [-0.15, -0.1) is 0 Å². The second-order valence-electron chi connectivity index (χ2n) is 8.98. The summed E-state index contributed by atoms with van der Waals surface area (Å²) in [5.41, 5.74) is 0. The number of halogens is 2. The molecular formula is C23H29Cl2N5O5S. The SMILES string of the molecule is COc1nccc(N2CCC(N(CC3CCCN(S(=O)(=O)c4cccc(Cl)c4Cl)C3)C(=O)O)CC2)n1. The number of amides is 1. The number of hydrogen-bond acceptors (Lipinski definition) is 7. The topological polar surface area (TPSA) is 116 Å². The maximum Gasteiger partial charge on any atom is 0.407 e. The zero-order valence-electron chi connectivity index (χ0n) is 19.9. The van der Waals surface area contributed by atoms with Crippen molar-refractivity contribution in [1.29, 1.82) is 0 Å². The van der Waals surface area contributed by atoms with Crippen LogP contribution in [0.25, 0.3) is 0 Å². The molecule has 1 N–H and O–H groups in total. The summed E-state index contributed by atoms with van der Waals surface area (Å²) in [6.07, 6.45) is 3.32. The minimum Gasteiger partial charge on any atom is -0.467 e. The summed E-state index contributed by atoms with van der Waals surface area (Å²) in [5.74, 6) is 0.627. The van der Waals surface area contributed by atoms with E-state index in [4.69, 9.17) is 27.9 Å². The summed E-state index contributed by atoms with van der Waals surface area (Å²) in [7, 11) is -2.34. The largest absolute Gasteiger partial charge is 0.467 e. The van der Waals surface area contributed by atoms with Crippen molar-refractivity contribution in [2.45, 2.75) is 36.6 Å². The third-order valence-corrected chi connectivity index (χ3v) is 9.59. The standard InChI is InChI=1S/C23H29Cl2N5O5S/c1-35-22-26-10-7-20(27-22)28-12-8-17(9-13-28)30(23(31)32)15-16-4-3-11-29(14-16)36(33,34)19-6-2-5-18(24)21(19)25/h2,5-7,10,16-17H,3-4,8-9,11-15H2,1H3,(H,31,32). The zero-order valence-corrected chi connectivity index (χ0v) is 22.2. The Morgan fingerprint density at radius 3 is 2.64 bits per heavy atom. The third kappa shape index (κ3) is 5.80. The van der Waals surface area contributed by atoms with Crippen LogP contribution in [-0.2, 0) is 10.0 Å². The average Bonchev–Trinajstić information content (AvgIpc) is 2.89. The van der Waals surface area contributed by atoms with Crippen LogP contribution in [0.1, 0.15) is 25.7 Å². The number of sulfonamides is 1. The maximum atomic E-state index is 13.3. The van der Waals surface area contributed by atoms with E-state index in [1.807, 2.05) is 0 Å². The Labute approximate surface area is 220 Å². The lowest BCUT2D eigenvalue weighted by Gasteiger charge is -2.40. The molecule has 2 aliphatic rings. The van der Waals surface area contributed by atoms with E-state index >= 15 is 0 Å². The predicted molar refractivity (Wildman–Crippen MR) is 136 cm³/mol. The van der Waals surface area contributed by atoms with Crippen molar-refractivity contribution in [2.24, 2.45) is 5.92 Å². The first-order valence-electron chi connectivity index (χ1n) is 11.8. The van der Waals surface area contributed by atoms with Gasteiger partial charge >= 0.3 is 12.1 Å². The van der Waals surface area contributed by atoms with Crippen molar-refractivity contribution in [3.8, 4) is 6.01 Å². The van der Waals surface area contributed by atoms with Crippen LogP contribution in [0.15, 0.2) is 35.4 Å². The Balaban J connectivity index is 1.41. The molecule has 1 aromatic carbocycles. The molecule has 1 aromatic heterocycles. The molecule has 2 aliphatic heterocycles. The van der Waals surface area contributed by atoms with Gasteiger partial charge in [-0.1, -0.05) is 29.3 Å². The number of carboxylic acid groups (broad SMARTS) is 1. The van der Waals surface area contributed by atoms with E-state index in [0.717, 1.165) is 12.2 Å². The van der Waals surface area contributed by atoms with Crippen LogP contribution >= 0.6 is 23.2 Å². The Morgan fingerprint density at radius 1 is 1.19 bits per heavy atom. The molecule has 13 heteroatoms. The van der Waals surface area contributed by atoms with Crippen LogP contribution in [0.5, 0.6) is 6.01 Å². The van der Waals surface area contributed by atoms with Gasteiger partial charge in [0, 0.05) is 45.0 Å². The van der Waals surface area contributed by atoms with E-state index in [1.165, 1.54) is 22.4 Å².